The molecule has 0 spiro atoms. The lowest BCUT2D eigenvalue weighted by atomic mass is 10.1. The van der Waals surface area contributed by atoms with Crippen molar-refractivity contribution in [2.45, 2.75) is 38.6 Å². The monoisotopic (exact) mass is 328 g/mol. The molecule has 1 saturated heterocycles. The predicted molar refractivity (Wildman–Crippen MR) is 90.8 cm³/mol. The molecule has 6 heteroatoms. The first kappa shape index (κ1) is 16.5. The number of ether oxygens (including phenoxy) is 1. The summed E-state index contributed by atoms with van der Waals surface area (Å²) in [6, 6.07) is 8.30. The van der Waals surface area contributed by atoms with E-state index < -0.39 is 0 Å². The number of aromatic nitrogens is 3. The SMILES string of the molecule is CCCOc1ccc(CCC(=O)N2CC[C@@H](n3ccnn3)C2)cc1. The summed E-state index contributed by atoms with van der Waals surface area (Å²) in [4.78, 5) is 14.3. The van der Waals surface area contributed by atoms with Crippen LogP contribution in [0, 0.1) is 0 Å². The molecule has 1 aromatic carbocycles. The van der Waals surface area contributed by atoms with Crippen molar-refractivity contribution in [3.8, 4) is 5.75 Å². The van der Waals surface area contributed by atoms with Crippen LogP contribution < -0.4 is 4.74 Å². The zero-order valence-corrected chi connectivity index (χ0v) is 14.1. The van der Waals surface area contributed by atoms with Gasteiger partial charge in [0.1, 0.15) is 5.75 Å². The fraction of sp³-hybridized carbons (Fsp3) is 0.500. The third-order valence-corrected chi connectivity index (χ3v) is 4.35. The van der Waals surface area contributed by atoms with Crippen LogP contribution in [-0.2, 0) is 11.2 Å². The van der Waals surface area contributed by atoms with E-state index in [1.165, 1.54) is 5.56 Å². The smallest absolute Gasteiger partial charge is 0.222 e. The molecule has 0 radical (unpaired) electrons. The van der Waals surface area contributed by atoms with Gasteiger partial charge in [-0.25, -0.2) is 4.68 Å². The molecule has 0 unspecified atom stereocenters. The Labute approximate surface area is 142 Å². The van der Waals surface area contributed by atoms with Crippen molar-refractivity contribution in [3.05, 3.63) is 42.2 Å². The molecule has 2 aromatic rings. The number of rotatable bonds is 7. The maximum atomic E-state index is 12.4. The minimum Gasteiger partial charge on any atom is -0.494 e. The van der Waals surface area contributed by atoms with E-state index in [1.807, 2.05) is 40.0 Å². The molecular formula is C18H24N4O2. The Kier molecular flexibility index (Phi) is 5.46. The van der Waals surface area contributed by atoms with Gasteiger partial charge in [-0.15, -0.1) is 5.10 Å². The van der Waals surface area contributed by atoms with Crippen molar-refractivity contribution < 1.29 is 9.53 Å². The van der Waals surface area contributed by atoms with Gasteiger partial charge in [-0.1, -0.05) is 24.3 Å². The molecule has 1 fully saturated rings. The molecule has 0 bridgehead atoms. The van der Waals surface area contributed by atoms with Gasteiger partial charge in [0.2, 0.25) is 5.91 Å². The van der Waals surface area contributed by atoms with Gasteiger partial charge in [-0.2, -0.15) is 0 Å². The maximum absolute atomic E-state index is 12.4. The van der Waals surface area contributed by atoms with Crippen LogP contribution in [-0.4, -0.2) is 45.5 Å². The fourth-order valence-electron chi connectivity index (χ4n) is 2.98. The van der Waals surface area contributed by atoms with E-state index in [9.17, 15) is 4.79 Å². The molecule has 0 N–H and O–H groups in total. The van der Waals surface area contributed by atoms with Gasteiger partial charge >= 0.3 is 0 Å². The third kappa shape index (κ3) is 4.13. The van der Waals surface area contributed by atoms with Crippen molar-refractivity contribution >= 4 is 5.91 Å². The number of hydrogen-bond donors (Lipinski definition) is 0. The van der Waals surface area contributed by atoms with Gasteiger partial charge < -0.3 is 9.64 Å². The minimum absolute atomic E-state index is 0.212. The predicted octanol–water partition coefficient (Wildman–Crippen LogP) is 2.47. The van der Waals surface area contributed by atoms with E-state index in [0.717, 1.165) is 44.7 Å². The largest absolute Gasteiger partial charge is 0.494 e. The summed E-state index contributed by atoms with van der Waals surface area (Å²) in [5, 5.41) is 7.87. The Bertz CT molecular complexity index is 640. The molecule has 1 aliphatic heterocycles. The summed E-state index contributed by atoms with van der Waals surface area (Å²) in [6.45, 7) is 4.35. The number of aryl methyl sites for hydroxylation is 1. The van der Waals surface area contributed by atoms with Crippen LogP contribution in [0.15, 0.2) is 36.7 Å². The zero-order chi connectivity index (χ0) is 16.8. The Morgan fingerprint density at radius 2 is 2.17 bits per heavy atom. The summed E-state index contributed by atoms with van der Waals surface area (Å²) >= 11 is 0. The topological polar surface area (TPSA) is 60.2 Å². The fourth-order valence-corrected chi connectivity index (χ4v) is 2.98. The molecule has 24 heavy (non-hydrogen) atoms. The van der Waals surface area contributed by atoms with Crippen LogP contribution in [0.4, 0.5) is 0 Å². The quantitative estimate of drug-likeness (QED) is 0.783. The summed E-state index contributed by atoms with van der Waals surface area (Å²) in [7, 11) is 0. The second-order valence-electron chi connectivity index (χ2n) is 6.16. The number of hydrogen-bond acceptors (Lipinski definition) is 4. The average Bonchev–Trinajstić information content (AvgIpc) is 3.29. The molecule has 2 heterocycles. The molecule has 128 valence electrons. The maximum Gasteiger partial charge on any atom is 0.222 e. The van der Waals surface area contributed by atoms with Crippen molar-refractivity contribution in [2.75, 3.05) is 19.7 Å². The van der Waals surface area contributed by atoms with Crippen molar-refractivity contribution in [1.82, 2.24) is 19.9 Å². The van der Waals surface area contributed by atoms with Gasteiger partial charge in [0.05, 0.1) is 18.8 Å². The van der Waals surface area contributed by atoms with Crippen LogP contribution >= 0.6 is 0 Å². The number of carbonyl (C=O) groups excluding carboxylic acids is 1. The molecule has 3 rings (SSSR count). The summed E-state index contributed by atoms with van der Waals surface area (Å²) in [5.41, 5.74) is 1.17. The lowest BCUT2D eigenvalue weighted by Gasteiger charge is -2.16. The number of nitrogens with zero attached hydrogens (tertiary/aromatic N) is 4. The second kappa shape index (κ2) is 7.95. The molecule has 0 aliphatic carbocycles. The van der Waals surface area contributed by atoms with E-state index in [2.05, 4.69) is 17.2 Å². The number of benzene rings is 1. The van der Waals surface area contributed by atoms with E-state index in [1.54, 1.807) is 6.20 Å². The van der Waals surface area contributed by atoms with E-state index in [0.29, 0.717) is 6.42 Å². The highest BCUT2D eigenvalue weighted by atomic mass is 16.5. The zero-order valence-electron chi connectivity index (χ0n) is 14.1. The lowest BCUT2D eigenvalue weighted by molar-refractivity contribution is -0.130. The minimum atomic E-state index is 0.212. The first-order valence-electron chi connectivity index (χ1n) is 8.61. The highest BCUT2D eigenvalue weighted by molar-refractivity contribution is 5.76. The van der Waals surface area contributed by atoms with Crippen molar-refractivity contribution in [2.24, 2.45) is 0 Å². The molecule has 1 atom stereocenters. The lowest BCUT2D eigenvalue weighted by Crippen LogP contribution is -2.29. The van der Waals surface area contributed by atoms with Gasteiger partial charge in [-0.3, -0.25) is 4.79 Å². The van der Waals surface area contributed by atoms with Crippen LogP contribution in [0.25, 0.3) is 0 Å². The van der Waals surface area contributed by atoms with Crippen molar-refractivity contribution in [3.63, 3.8) is 0 Å². The van der Waals surface area contributed by atoms with Crippen LogP contribution in [0.5, 0.6) is 5.75 Å². The third-order valence-electron chi connectivity index (χ3n) is 4.35. The van der Waals surface area contributed by atoms with Crippen LogP contribution in [0.3, 0.4) is 0 Å². The Balaban J connectivity index is 1.45. The summed E-state index contributed by atoms with van der Waals surface area (Å²) in [6.07, 6.45) is 6.79. The molecule has 1 amide bonds. The normalized spacial score (nSPS) is 17.2. The number of likely N-dealkylation sites (tertiary alicyclic amines) is 1. The molecule has 1 aromatic heterocycles. The van der Waals surface area contributed by atoms with E-state index in [-0.39, 0.29) is 11.9 Å². The van der Waals surface area contributed by atoms with Crippen LogP contribution in [0.1, 0.15) is 37.8 Å². The summed E-state index contributed by atoms with van der Waals surface area (Å²) in [5.74, 6) is 1.10. The van der Waals surface area contributed by atoms with Gasteiger partial charge in [0.25, 0.3) is 0 Å². The van der Waals surface area contributed by atoms with E-state index in [4.69, 9.17) is 4.74 Å². The number of amides is 1. The standard InChI is InChI=1S/C18H24N4O2/c1-2-13-24-17-6-3-15(4-7-17)5-8-18(23)21-11-9-16(14-21)22-12-10-19-20-22/h3-4,6-7,10,12,16H,2,5,8-9,11,13-14H2,1H3/t16-/m1/s1. The van der Waals surface area contributed by atoms with Gasteiger partial charge in [0.15, 0.2) is 0 Å². The van der Waals surface area contributed by atoms with Crippen LogP contribution in [0.2, 0.25) is 0 Å². The molecule has 6 nitrogen and oxygen atoms in total. The van der Waals surface area contributed by atoms with E-state index >= 15 is 0 Å². The molecular weight excluding hydrogens is 304 g/mol. The molecule has 1 aliphatic rings. The molecule has 0 saturated carbocycles. The number of carbonyl (C=O) groups is 1. The van der Waals surface area contributed by atoms with Crippen molar-refractivity contribution in [1.29, 1.82) is 0 Å². The highest BCUT2D eigenvalue weighted by Gasteiger charge is 2.27. The first-order chi connectivity index (χ1) is 11.8. The summed E-state index contributed by atoms with van der Waals surface area (Å²) < 4.78 is 7.43. The first-order valence-corrected chi connectivity index (χ1v) is 8.61. The highest BCUT2D eigenvalue weighted by Crippen LogP contribution is 2.21. The second-order valence-corrected chi connectivity index (χ2v) is 6.16. The Morgan fingerprint density at radius 3 is 2.88 bits per heavy atom. The average molecular weight is 328 g/mol. The Hall–Kier alpha value is -2.37. The van der Waals surface area contributed by atoms with Gasteiger partial charge in [-0.05, 0) is 37.0 Å². The Morgan fingerprint density at radius 1 is 1.33 bits per heavy atom. The van der Waals surface area contributed by atoms with Gasteiger partial charge in [0, 0.05) is 25.7 Å².